The molecule has 0 radical (unpaired) electrons. The summed E-state index contributed by atoms with van der Waals surface area (Å²) in [7, 11) is 0. The van der Waals surface area contributed by atoms with Crippen LogP contribution in [0, 0.1) is 0 Å². The van der Waals surface area contributed by atoms with Crippen molar-refractivity contribution in [1.29, 1.82) is 0 Å². The van der Waals surface area contributed by atoms with E-state index in [1.54, 1.807) is 57.3 Å². The average molecular weight is 697 g/mol. The standard InChI is InChI=1S/C34H39F3N8O5/c1-32(2,3)45(31(47)48)29(39-30(46)49-33(4,5)6)44-17-7-8-25(44)18-27-38-28(41-50-27)23-11-9-21(10-12-23)19-43-20-26(40-42-43)22-13-15-24(16-14-22)34(35,36)37/h9-16,20,25H,7-8,17-19H2,1-6H3,(H,47,48)/t25-/m0/s1. The molecule has 0 spiro atoms. The number of carbonyl (C=O) groups excluding carboxylic acids is 1. The van der Waals surface area contributed by atoms with Gasteiger partial charge in [0.2, 0.25) is 17.7 Å². The minimum atomic E-state index is -4.41. The van der Waals surface area contributed by atoms with Gasteiger partial charge < -0.3 is 19.3 Å². The lowest BCUT2D eigenvalue weighted by molar-refractivity contribution is -0.137. The molecule has 50 heavy (non-hydrogen) atoms. The number of guanidine groups is 1. The number of hydrogen-bond donors (Lipinski definition) is 1. The zero-order valence-corrected chi connectivity index (χ0v) is 28.6. The van der Waals surface area contributed by atoms with Crippen LogP contribution in [0.4, 0.5) is 22.8 Å². The van der Waals surface area contributed by atoms with Crippen LogP contribution < -0.4 is 0 Å². The molecular weight excluding hydrogens is 657 g/mol. The number of likely N-dealkylation sites (tertiary alicyclic amines) is 1. The molecule has 16 heteroatoms. The number of benzene rings is 2. The van der Waals surface area contributed by atoms with Gasteiger partial charge in [-0.05, 0) is 72.1 Å². The largest absolute Gasteiger partial charge is 0.465 e. The van der Waals surface area contributed by atoms with E-state index in [4.69, 9.17) is 9.26 Å². The average Bonchev–Trinajstić information content (AvgIpc) is 3.77. The SMILES string of the molecule is CC(C)(C)OC(=O)N=C(N1CCC[C@H]1Cc1nc(-c2ccc(Cn3cc(-c4ccc(C(F)(F)F)cc4)nn3)cc2)no1)N(C(=O)O)C(C)(C)C. The fraction of sp³-hybridized carbons (Fsp3) is 0.441. The number of carbonyl (C=O) groups is 2. The Labute approximate surface area is 286 Å². The molecule has 3 heterocycles. The molecule has 1 fully saturated rings. The number of ether oxygens (including phenoxy) is 1. The van der Waals surface area contributed by atoms with Gasteiger partial charge in [-0.3, -0.25) is 0 Å². The van der Waals surface area contributed by atoms with Gasteiger partial charge >= 0.3 is 18.4 Å². The van der Waals surface area contributed by atoms with E-state index in [-0.39, 0.29) is 12.0 Å². The maximum Gasteiger partial charge on any atom is 0.437 e. The Morgan fingerprint density at radius 2 is 1.68 bits per heavy atom. The number of aromatic nitrogens is 5. The zero-order chi connectivity index (χ0) is 36.4. The molecule has 266 valence electrons. The molecule has 2 aromatic carbocycles. The van der Waals surface area contributed by atoms with Crippen molar-refractivity contribution in [3.63, 3.8) is 0 Å². The number of nitrogens with zero attached hydrogens (tertiary/aromatic N) is 8. The first kappa shape index (κ1) is 36.0. The molecule has 13 nitrogen and oxygen atoms in total. The minimum absolute atomic E-state index is 0.0176. The second-order valence-electron chi connectivity index (χ2n) is 14.0. The smallest absolute Gasteiger partial charge is 0.437 e. The van der Waals surface area contributed by atoms with Crippen molar-refractivity contribution in [2.75, 3.05) is 6.54 Å². The van der Waals surface area contributed by atoms with E-state index < -0.39 is 35.1 Å². The molecule has 1 N–H and O–H groups in total. The van der Waals surface area contributed by atoms with E-state index in [0.29, 0.717) is 54.5 Å². The second-order valence-corrected chi connectivity index (χ2v) is 14.0. The van der Waals surface area contributed by atoms with Gasteiger partial charge in [0, 0.05) is 35.7 Å². The molecule has 0 unspecified atom stereocenters. The van der Waals surface area contributed by atoms with Crippen molar-refractivity contribution in [3.8, 4) is 22.6 Å². The van der Waals surface area contributed by atoms with E-state index in [9.17, 15) is 27.9 Å². The number of hydrogen-bond acceptors (Lipinski definition) is 8. The van der Waals surface area contributed by atoms with Crippen LogP contribution in [0.5, 0.6) is 0 Å². The molecule has 0 saturated carbocycles. The summed E-state index contributed by atoms with van der Waals surface area (Å²) >= 11 is 0. The van der Waals surface area contributed by atoms with Crippen molar-refractivity contribution in [2.24, 2.45) is 4.99 Å². The Hall–Kier alpha value is -5.28. The lowest BCUT2D eigenvalue weighted by Gasteiger charge is -2.39. The molecule has 0 aliphatic carbocycles. The molecule has 0 bridgehead atoms. The highest BCUT2D eigenvalue weighted by atomic mass is 19.4. The fourth-order valence-electron chi connectivity index (χ4n) is 5.53. The molecule has 1 aliphatic rings. The third-order valence-corrected chi connectivity index (χ3v) is 7.76. The summed E-state index contributed by atoms with van der Waals surface area (Å²) < 4.78 is 51.3. The first-order valence-corrected chi connectivity index (χ1v) is 16.0. The van der Waals surface area contributed by atoms with Crippen molar-refractivity contribution < 1.29 is 37.1 Å². The second kappa shape index (κ2) is 13.9. The molecule has 2 aromatic heterocycles. The maximum absolute atomic E-state index is 12.9. The number of amides is 2. The molecule has 4 aromatic rings. The predicted molar refractivity (Wildman–Crippen MR) is 176 cm³/mol. The number of halogens is 3. The van der Waals surface area contributed by atoms with Gasteiger partial charge in [0.1, 0.15) is 11.3 Å². The normalized spacial score (nSPS) is 15.7. The lowest BCUT2D eigenvalue weighted by atomic mass is 10.1. The predicted octanol–water partition coefficient (Wildman–Crippen LogP) is 7.14. The van der Waals surface area contributed by atoms with Crippen molar-refractivity contribution >= 4 is 18.1 Å². The number of alkyl halides is 3. The molecular formula is C34H39F3N8O5. The van der Waals surface area contributed by atoms with E-state index in [0.717, 1.165) is 29.0 Å². The van der Waals surface area contributed by atoms with Crippen molar-refractivity contribution in [1.82, 2.24) is 34.9 Å². The monoisotopic (exact) mass is 696 g/mol. The molecule has 2 amide bonds. The van der Waals surface area contributed by atoms with Gasteiger partial charge in [-0.15, -0.1) is 10.1 Å². The van der Waals surface area contributed by atoms with E-state index in [1.807, 2.05) is 24.3 Å². The van der Waals surface area contributed by atoms with E-state index in [1.165, 1.54) is 12.1 Å². The number of aliphatic imine (C=N–C) groups is 1. The van der Waals surface area contributed by atoms with Crippen LogP contribution in [0.25, 0.3) is 22.6 Å². The summed E-state index contributed by atoms with van der Waals surface area (Å²) in [5.41, 5.74) is 0.106. The van der Waals surface area contributed by atoms with Gasteiger partial charge in [-0.1, -0.05) is 46.8 Å². The fourth-order valence-corrected chi connectivity index (χ4v) is 5.53. The summed E-state index contributed by atoms with van der Waals surface area (Å²) in [6, 6.07) is 11.9. The summed E-state index contributed by atoms with van der Waals surface area (Å²) in [6.45, 7) is 11.1. The Morgan fingerprint density at radius 1 is 1.02 bits per heavy atom. The van der Waals surface area contributed by atoms with Crippen LogP contribution in [-0.4, -0.2) is 81.9 Å². The van der Waals surface area contributed by atoms with Gasteiger partial charge in [0.15, 0.2) is 0 Å². The van der Waals surface area contributed by atoms with Crippen LogP contribution in [0.2, 0.25) is 0 Å². The number of carboxylic acid groups (broad SMARTS) is 1. The first-order chi connectivity index (χ1) is 23.4. The summed E-state index contributed by atoms with van der Waals surface area (Å²) in [5, 5.41) is 22.5. The van der Waals surface area contributed by atoms with Crippen molar-refractivity contribution in [3.05, 3.63) is 71.7 Å². The Bertz CT molecular complexity index is 1840. The summed E-state index contributed by atoms with van der Waals surface area (Å²) in [6.07, 6.45) is -3.18. The van der Waals surface area contributed by atoms with Crippen LogP contribution in [-0.2, 0) is 23.9 Å². The zero-order valence-electron chi connectivity index (χ0n) is 28.6. The third-order valence-electron chi connectivity index (χ3n) is 7.76. The highest BCUT2D eigenvalue weighted by Crippen LogP contribution is 2.31. The highest BCUT2D eigenvalue weighted by molar-refractivity contribution is 5.99. The van der Waals surface area contributed by atoms with Gasteiger partial charge in [0.05, 0.1) is 18.3 Å². The van der Waals surface area contributed by atoms with Crippen molar-refractivity contribution in [2.45, 2.75) is 90.7 Å². The van der Waals surface area contributed by atoms with Crippen LogP contribution >= 0.6 is 0 Å². The summed E-state index contributed by atoms with van der Waals surface area (Å²) in [5.74, 6) is 0.690. The Balaban J connectivity index is 1.27. The van der Waals surface area contributed by atoms with Gasteiger partial charge in [-0.25, -0.2) is 19.2 Å². The van der Waals surface area contributed by atoms with Gasteiger partial charge in [-0.2, -0.15) is 18.2 Å². The third kappa shape index (κ3) is 8.84. The van der Waals surface area contributed by atoms with Crippen LogP contribution in [0.15, 0.2) is 64.2 Å². The van der Waals surface area contributed by atoms with Gasteiger partial charge in [0.25, 0.3) is 0 Å². The van der Waals surface area contributed by atoms with E-state index in [2.05, 4.69) is 25.4 Å². The minimum Gasteiger partial charge on any atom is -0.465 e. The maximum atomic E-state index is 12.9. The first-order valence-electron chi connectivity index (χ1n) is 16.0. The summed E-state index contributed by atoms with van der Waals surface area (Å²) in [4.78, 5) is 36.8. The molecule has 1 aliphatic heterocycles. The topological polar surface area (TPSA) is 152 Å². The Kier molecular flexibility index (Phi) is 10.0. The Morgan fingerprint density at radius 3 is 2.28 bits per heavy atom. The molecule has 5 rings (SSSR count). The molecule has 1 atom stereocenters. The van der Waals surface area contributed by atoms with E-state index >= 15 is 0 Å². The molecule has 1 saturated heterocycles. The van der Waals surface area contributed by atoms with Crippen LogP contribution in [0.1, 0.15) is 71.4 Å². The quantitative estimate of drug-likeness (QED) is 0.163. The highest BCUT2D eigenvalue weighted by Gasteiger charge is 2.40. The number of rotatable bonds is 6. The van der Waals surface area contributed by atoms with Crippen LogP contribution in [0.3, 0.4) is 0 Å². The lowest BCUT2D eigenvalue weighted by Crippen LogP contribution is -2.56.